The zero-order valence-electron chi connectivity index (χ0n) is 7.48. The summed E-state index contributed by atoms with van der Waals surface area (Å²) in [7, 11) is 0. The van der Waals surface area contributed by atoms with Gasteiger partial charge in [0.15, 0.2) is 5.78 Å². The molecule has 0 bridgehead atoms. The lowest BCUT2D eigenvalue weighted by molar-refractivity contribution is -0.123. The highest BCUT2D eigenvalue weighted by Gasteiger charge is 2.14. The number of aliphatic hydroxyl groups excluding tert-OH is 2. The maximum Gasteiger partial charge on any atom is 0.161 e. The van der Waals surface area contributed by atoms with Gasteiger partial charge in [-0.2, -0.15) is 0 Å². The number of rotatable bonds is 4. The number of halogens is 1. The maximum atomic E-state index is 10.9. The van der Waals surface area contributed by atoms with Crippen LogP contribution in [-0.2, 0) is 4.79 Å². The third-order valence-electron chi connectivity index (χ3n) is 1.86. The molecule has 0 heterocycles. The Morgan fingerprint density at radius 3 is 2.64 bits per heavy atom. The van der Waals surface area contributed by atoms with Gasteiger partial charge in [0.25, 0.3) is 0 Å². The molecule has 0 fully saturated rings. The van der Waals surface area contributed by atoms with Gasteiger partial charge in [-0.05, 0) is 11.6 Å². The first-order valence-electron chi connectivity index (χ1n) is 4.20. The van der Waals surface area contributed by atoms with Crippen LogP contribution < -0.4 is 0 Å². The summed E-state index contributed by atoms with van der Waals surface area (Å²) in [6.45, 7) is -0.526. The Kier molecular flexibility index (Phi) is 4.25. The molecule has 1 aromatic carbocycles. The van der Waals surface area contributed by atoms with Crippen molar-refractivity contribution >= 4 is 21.7 Å². The van der Waals surface area contributed by atoms with Gasteiger partial charge in [-0.3, -0.25) is 4.79 Å². The van der Waals surface area contributed by atoms with Gasteiger partial charge in [-0.15, -0.1) is 0 Å². The first kappa shape index (κ1) is 11.4. The molecule has 4 heteroatoms. The van der Waals surface area contributed by atoms with E-state index in [9.17, 15) is 9.90 Å². The standard InChI is InChI=1S/C10H11BrO3/c11-9-4-2-1-3-8(9)10(14)5-7(13)6-12/h1-4,10,12,14H,5-6H2. The van der Waals surface area contributed by atoms with Crippen LogP contribution in [0.4, 0.5) is 0 Å². The summed E-state index contributed by atoms with van der Waals surface area (Å²) in [4.78, 5) is 10.9. The lowest BCUT2D eigenvalue weighted by atomic mass is 10.0. The van der Waals surface area contributed by atoms with Crippen LogP contribution in [-0.4, -0.2) is 22.6 Å². The minimum atomic E-state index is -0.856. The van der Waals surface area contributed by atoms with E-state index in [0.29, 0.717) is 5.56 Å². The molecule has 0 aliphatic carbocycles. The third kappa shape index (κ3) is 2.90. The maximum absolute atomic E-state index is 10.9. The molecule has 0 aromatic heterocycles. The molecule has 76 valence electrons. The van der Waals surface area contributed by atoms with E-state index in [1.54, 1.807) is 18.2 Å². The van der Waals surface area contributed by atoms with E-state index in [0.717, 1.165) is 4.47 Å². The highest BCUT2D eigenvalue weighted by molar-refractivity contribution is 9.10. The van der Waals surface area contributed by atoms with Crippen molar-refractivity contribution in [2.75, 3.05) is 6.61 Å². The van der Waals surface area contributed by atoms with Crippen molar-refractivity contribution in [2.24, 2.45) is 0 Å². The minimum absolute atomic E-state index is 0.0564. The van der Waals surface area contributed by atoms with E-state index in [4.69, 9.17) is 5.11 Å². The van der Waals surface area contributed by atoms with Crippen LogP contribution >= 0.6 is 15.9 Å². The molecule has 1 atom stereocenters. The van der Waals surface area contributed by atoms with E-state index in [2.05, 4.69) is 15.9 Å². The number of hydrogen-bond acceptors (Lipinski definition) is 3. The lowest BCUT2D eigenvalue weighted by Crippen LogP contribution is -2.10. The van der Waals surface area contributed by atoms with Crippen molar-refractivity contribution < 1.29 is 15.0 Å². The molecule has 0 saturated heterocycles. The molecular weight excluding hydrogens is 248 g/mol. The summed E-state index contributed by atoms with van der Waals surface area (Å²) >= 11 is 3.27. The first-order valence-corrected chi connectivity index (χ1v) is 4.99. The van der Waals surface area contributed by atoms with Crippen LogP contribution in [0.5, 0.6) is 0 Å². The predicted molar refractivity (Wildman–Crippen MR) is 55.8 cm³/mol. The highest BCUT2D eigenvalue weighted by Crippen LogP contribution is 2.25. The number of carbonyl (C=O) groups excluding carboxylic acids is 1. The fourth-order valence-corrected chi connectivity index (χ4v) is 1.68. The van der Waals surface area contributed by atoms with Gasteiger partial charge in [-0.25, -0.2) is 0 Å². The fraction of sp³-hybridized carbons (Fsp3) is 0.300. The number of carbonyl (C=O) groups is 1. The van der Waals surface area contributed by atoms with Gasteiger partial charge < -0.3 is 10.2 Å². The summed E-state index contributed by atoms with van der Waals surface area (Å²) < 4.78 is 0.762. The van der Waals surface area contributed by atoms with Crippen LogP contribution in [0.25, 0.3) is 0 Å². The normalized spacial score (nSPS) is 12.5. The molecule has 3 nitrogen and oxygen atoms in total. The Balaban J connectivity index is 2.74. The summed E-state index contributed by atoms with van der Waals surface area (Å²) in [5.41, 5.74) is 0.661. The fourth-order valence-electron chi connectivity index (χ4n) is 1.14. The quantitative estimate of drug-likeness (QED) is 0.860. The molecule has 2 N–H and O–H groups in total. The smallest absolute Gasteiger partial charge is 0.161 e. The number of hydrogen-bond donors (Lipinski definition) is 2. The SMILES string of the molecule is O=C(CO)CC(O)c1ccccc1Br. The van der Waals surface area contributed by atoms with Crippen LogP contribution in [0.1, 0.15) is 18.1 Å². The van der Waals surface area contributed by atoms with Gasteiger partial charge >= 0.3 is 0 Å². The molecule has 0 radical (unpaired) electrons. The molecule has 0 amide bonds. The molecule has 1 rings (SSSR count). The van der Waals surface area contributed by atoms with Gasteiger partial charge in [0.2, 0.25) is 0 Å². The van der Waals surface area contributed by atoms with E-state index < -0.39 is 12.7 Å². The first-order chi connectivity index (χ1) is 6.65. The van der Waals surface area contributed by atoms with Crippen LogP contribution in [0, 0.1) is 0 Å². The van der Waals surface area contributed by atoms with Crippen LogP contribution in [0.3, 0.4) is 0 Å². The third-order valence-corrected chi connectivity index (χ3v) is 2.58. The van der Waals surface area contributed by atoms with Crippen LogP contribution in [0.2, 0.25) is 0 Å². The van der Waals surface area contributed by atoms with Crippen molar-refractivity contribution in [3.63, 3.8) is 0 Å². The lowest BCUT2D eigenvalue weighted by Gasteiger charge is -2.10. The average molecular weight is 259 g/mol. The summed E-state index contributed by atoms with van der Waals surface area (Å²) in [5.74, 6) is -0.367. The molecule has 1 aromatic rings. The number of ketones is 1. The van der Waals surface area contributed by atoms with E-state index in [1.807, 2.05) is 6.07 Å². The molecule has 0 saturated carbocycles. The van der Waals surface area contributed by atoms with Crippen molar-refractivity contribution in [1.29, 1.82) is 0 Å². The topological polar surface area (TPSA) is 57.5 Å². The summed E-state index contributed by atoms with van der Waals surface area (Å²) in [5, 5.41) is 18.2. The Morgan fingerprint density at radius 2 is 2.07 bits per heavy atom. The van der Waals surface area contributed by atoms with Gasteiger partial charge in [-0.1, -0.05) is 34.1 Å². The molecule has 14 heavy (non-hydrogen) atoms. The van der Waals surface area contributed by atoms with Crippen LogP contribution in [0.15, 0.2) is 28.7 Å². The van der Waals surface area contributed by atoms with Crippen molar-refractivity contribution in [1.82, 2.24) is 0 Å². The molecule has 0 aliphatic rings. The van der Waals surface area contributed by atoms with E-state index >= 15 is 0 Å². The van der Waals surface area contributed by atoms with Gasteiger partial charge in [0.1, 0.15) is 6.61 Å². The Bertz CT molecular complexity index is 325. The van der Waals surface area contributed by atoms with Crippen molar-refractivity contribution in [3.05, 3.63) is 34.3 Å². The number of aliphatic hydroxyl groups is 2. The molecule has 0 spiro atoms. The number of benzene rings is 1. The Hall–Kier alpha value is -0.710. The zero-order valence-corrected chi connectivity index (χ0v) is 9.07. The largest absolute Gasteiger partial charge is 0.389 e. The monoisotopic (exact) mass is 258 g/mol. The molecule has 1 unspecified atom stereocenters. The van der Waals surface area contributed by atoms with E-state index in [-0.39, 0.29) is 12.2 Å². The van der Waals surface area contributed by atoms with Crippen molar-refractivity contribution in [3.8, 4) is 0 Å². The summed E-state index contributed by atoms with van der Waals surface area (Å²) in [6, 6.07) is 7.14. The minimum Gasteiger partial charge on any atom is -0.389 e. The zero-order chi connectivity index (χ0) is 10.6. The second kappa shape index (κ2) is 5.24. The molecule has 0 aliphatic heterocycles. The van der Waals surface area contributed by atoms with Gasteiger partial charge in [0, 0.05) is 10.9 Å². The average Bonchev–Trinajstić information content (AvgIpc) is 2.18. The van der Waals surface area contributed by atoms with Gasteiger partial charge in [0.05, 0.1) is 6.10 Å². The molecular formula is C10H11BrO3. The second-order valence-corrected chi connectivity index (χ2v) is 3.79. The summed E-state index contributed by atoms with van der Waals surface area (Å²) in [6.07, 6.45) is -0.913. The Labute approximate surface area is 90.5 Å². The number of Topliss-reactive ketones (excluding diaryl/α,β-unsaturated/α-hetero) is 1. The van der Waals surface area contributed by atoms with Crippen molar-refractivity contribution in [2.45, 2.75) is 12.5 Å². The Morgan fingerprint density at radius 1 is 1.43 bits per heavy atom. The highest BCUT2D eigenvalue weighted by atomic mass is 79.9. The predicted octanol–water partition coefficient (Wildman–Crippen LogP) is 1.43. The second-order valence-electron chi connectivity index (χ2n) is 2.94. The van der Waals surface area contributed by atoms with E-state index in [1.165, 1.54) is 0 Å².